The van der Waals surface area contributed by atoms with E-state index in [2.05, 4.69) is 50.3 Å². The van der Waals surface area contributed by atoms with Crippen molar-refractivity contribution in [3.8, 4) is 0 Å². The molecule has 9 nitrogen and oxygen atoms in total. The number of rotatable bonds is 42. The third kappa shape index (κ3) is 43.6. The lowest BCUT2D eigenvalue weighted by molar-refractivity contribution is -0.870. The Labute approximate surface area is 351 Å². The maximum absolute atomic E-state index is 12.7. The number of quaternary nitrogens is 1. The van der Waals surface area contributed by atoms with Gasteiger partial charge >= 0.3 is 19.8 Å². The topological polar surface area (TPSA) is 108 Å². The number of unbranched alkanes of at least 4 members (excludes halogenated alkanes) is 22. The minimum Gasteiger partial charge on any atom is -0.462 e. The number of carbonyl (C=O) groups excluding carboxylic acids is 2. The molecule has 0 spiro atoms. The fraction of sp³-hybridized carbons (Fsp3) is 0.830. The summed E-state index contributed by atoms with van der Waals surface area (Å²) in [5.74, 6) is -0.837. The molecule has 0 aromatic carbocycles. The van der Waals surface area contributed by atoms with Crippen LogP contribution in [0.4, 0.5) is 0 Å². The molecule has 0 aliphatic rings. The van der Waals surface area contributed by atoms with E-state index in [9.17, 15) is 19.0 Å². The lowest BCUT2D eigenvalue weighted by Crippen LogP contribution is -2.37. The van der Waals surface area contributed by atoms with Crippen molar-refractivity contribution in [2.45, 2.75) is 206 Å². The van der Waals surface area contributed by atoms with Crippen LogP contribution in [0, 0.1) is 0 Å². The van der Waals surface area contributed by atoms with Gasteiger partial charge in [-0.3, -0.25) is 18.6 Å². The van der Waals surface area contributed by atoms with Gasteiger partial charge in [0.1, 0.15) is 19.8 Å². The van der Waals surface area contributed by atoms with E-state index < -0.39 is 32.5 Å². The molecule has 0 saturated carbocycles. The Morgan fingerprint density at radius 1 is 0.544 bits per heavy atom. The Morgan fingerprint density at radius 3 is 1.44 bits per heavy atom. The van der Waals surface area contributed by atoms with Crippen LogP contribution in [0.25, 0.3) is 0 Å². The zero-order chi connectivity index (χ0) is 42.1. The molecule has 1 N–H and O–H groups in total. The van der Waals surface area contributed by atoms with Gasteiger partial charge < -0.3 is 18.9 Å². The van der Waals surface area contributed by atoms with Crippen molar-refractivity contribution in [2.24, 2.45) is 0 Å². The third-order valence-electron chi connectivity index (χ3n) is 9.92. The molecule has 10 heteroatoms. The van der Waals surface area contributed by atoms with Gasteiger partial charge in [0.05, 0.1) is 27.7 Å². The minimum atomic E-state index is -4.38. The summed E-state index contributed by atoms with van der Waals surface area (Å²) in [5, 5.41) is 0. The number of phosphoric ester groups is 1. The molecule has 0 bridgehead atoms. The quantitative estimate of drug-likeness (QED) is 0.0213. The van der Waals surface area contributed by atoms with E-state index in [1.54, 1.807) is 0 Å². The summed E-state index contributed by atoms with van der Waals surface area (Å²) in [6, 6.07) is 0. The molecule has 1 unspecified atom stereocenters. The van der Waals surface area contributed by atoms with Gasteiger partial charge in [-0.05, 0) is 51.4 Å². The molecular weight excluding hydrogens is 737 g/mol. The van der Waals surface area contributed by atoms with Crippen LogP contribution in [-0.4, -0.2) is 74.9 Å². The Bertz CT molecular complexity index is 1070. The number of esters is 2. The van der Waals surface area contributed by atoms with Gasteiger partial charge in [0.15, 0.2) is 6.10 Å². The Morgan fingerprint density at radius 2 is 0.947 bits per heavy atom. The molecule has 57 heavy (non-hydrogen) atoms. The second-order valence-electron chi connectivity index (χ2n) is 16.8. The molecule has 0 rings (SSSR count). The number of nitrogens with zero attached hydrogens (tertiary/aromatic N) is 1. The highest BCUT2D eigenvalue weighted by Crippen LogP contribution is 2.43. The van der Waals surface area contributed by atoms with Crippen molar-refractivity contribution in [3.05, 3.63) is 36.5 Å². The SMILES string of the molecule is CCCCC/C=C/C/C=C/C/C=C/CCCCC(=O)OC[C@H](COP(=O)(O)OCC[N+](C)(C)C)OC(=O)CCCCCCCCCCCCCCCCCCCC. The van der Waals surface area contributed by atoms with E-state index in [1.807, 2.05) is 21.1 Å². The van der Waals surface area contributed by atoms with Crippen LogP contribution < -0.4 is 0 Å². The van der Waals surface area contributed by atoms with Crippen molar-refractivity contribution >= 4 is 19.8 Å². The smallest absolute Gasteiger partial charge is 0.462 e. The molecule has 0 aromatic heterocycles. The number of likely N-dealkylation sites (N-methyl/N-ethyl adjacent to an activating group) is 1. The molecule has 0 aliphatic carbocycles. The molecule has 0 saturated heterocycles. The van der Waals surface area contributed by atoms with Gasteiger partial charge in [-0.15, -0.1) is 0 Å². The van der Waals surface area contributed by atoms with Gasteiger partial charge in [-0.1, -0.05) is 172 Å². The van der Waals surface area contributed by atoms with E-state index in [0.717, 1.165) is 44.9 Å². The highest BCUT2D eigenvalue weighted by atomic mass is 31.2. The Kier molecular flexibility index (Phi) is 38.4. The van der Waals surface area contributed by atoms with Gasteiger partial charge in [-0.2, -0.15) is 0 Å². The van der Waals surface area contributed by atoms with Gasteiger partial charge in [0, 0.05) is 12.8 Å². The van der Waals surface area contributed by atoms with E-state index in [4.69, 9.17) is 18.5 Å². The van der Waals surface area contributed by atoms with Crippen molar-refractivity contribution in [1.82, 2.24) is 0 Å². The largest absolute Gasteiger partial charge is 0.472 e. The van der Waals surface area contributed by atoms with Crippen molar-refractivity contribution in [1.29, 1.82) is 0 Å². The average molecular weight is 827 g/mol. The molecule has 0 amide bonds. The monoisotopic (exact) mass is 827 g/mol. The summed E-state index contributed by atoms with van der Waals surface area (Å²) in [4.78, 5) is 35.4. The lowest BCUT2D eigenvalue weighted by atomic mass is 10.0. The summed E-state index contributed by atoms with van der Waals surface area (Å²) in [6.07, 6.45) is 44.8. The highest BCUT2D eigenvalue weighted by molar-refractivity contribution is 7.47. The maximum atomic E-state index is 12.7. The number of phosphoric acid groups is 1. The number of ether oxygens (including phenoxy) is 2. The minimum absolute atomic E-state index is 0.0266. The fourth-order valence-corrected chi connectivity index (χ4v) is 7.00. The molecule has 0 heterocycles. The number of allylic oxidation sites excluding steroid dienone is 6. The summed E-state index contributed by atoms with van der Waals surface area (Å²) in [6.45, 7) is 4.37. The molecule has 0 radical (unpaired) electrons. The van der Waals surface area contributed by atoms with E-state index in [1.165, 1.54) is 116 Å². The molecule has 334 valence electrons. The van der Waals surface area contributed by atoms with Crippen LogP contribution in [0.15, 0.2) is 36.5 Å². The van der Waals surface area contributed by atoms with Crippen LogP contribution >= 0.6 is 7.82 Å². The van der Waals surface area contributed by atoms with E-state index in [-0.39, 0.29) is 26.1 Å². The highest BCUT2D eigenvalue weighted by Gasteiger charge is 2.27. The predicted molar refractivity (Wildman–Crippen MR) is 238 cm³/mol. The van der Waals surface area contributed by atoms with Crippen LogP contribution in [0.1, 0.15) is 200 Å². The second kappa shape index (κ2) is 39.7. The zero-order valence-electron chi connectivity index (χ0n) is 37.6. The number of hydrogen-bond acceptors (Lipinski definition) is 7. The number of hydrogen-bond donors (Lipinski definition) is 1. The van der Waals surface area contributed by atoms with Crippen molar-refractivity contribution < 1.29 is 42.1 Å². The number of carbonyl (C=O) groups is 2. The zero-order valence-corrected chi connectivity index (χ0v) is 38.5. The first-order valence-corrected chi connectivity index (χ1v) is 24.7. The summed E-state index contributed by atoms with van der Waals surface area (Å²) < 4.78 is 34.3. The van der Waals surface area contributed by atoms with Gasteiger partial charge in [-0.25, -0.2) is 4.57 Å². The van der Waals surface area contributed by atoms with Crippen LogP contribution in [0.5, 0.6) is 0 Å². The summed E-state index contributed by atoms with van der Waals surface area (Å²) >= 11 is 0. The Hall–Kier alpha value is -1.77. The van der Waals surface area contributed by atoms with Crippen LogP contribution in [0.3, 0.4) is 0 Å². The first-order chi connectivity index (χ1) is 27.5. The van der Waals surface area contributed by atoms with Crippen molar-refractivity contribution in [3.63, 3.8) is 0 Å². The molecule has 2 atom stereocenters. The average Bonchev–Trinajstić information content (AvgIpc) is 3.16. The van der Waals surface area contributed by atoms with E-state index >= 15 is 0 Å². The first kappa shape index (κ1) is 55.2. The summed E-state index contributed by atoms with van der Waals surface area (Å²) in [5.41, 5.74) is 0. The molecule has 0 aliphatic heterocycles. The maximum Gasteiger partial charge on any atom is 0.472 e. The third-order valence-corrected chi connectivity index (χ3v) is 10.9. The molecule has 0 fully saturated rings. The fourth-order valence-electron chi connectivity index (χ4n) is 6.26. The molecule has 0 aromatic rings. The van der Waals surface area contributed by atoms with E-state index in [0.29, 0.717) is 23.9 Å². The van der Waals surface area contributed by atoms with Crippen molar-refractivity contribution in [2.75, 3.05) is 47.5 Å². The van der Waals surface area contributed by atoms with Crippen LogP contribution in [0.2, 0.25) is 0 Å². The lowest BCUT2D eigenvalue weighted by Gasteiger charge is -2.24. The first-order valence-electron chi connectivity index (χ1n) is 23.2. The summed E-state index contributed by atoms with van der Waals surface area (Å²) in [7, 11) is 1.46. The second-order valence-corrected chi connectivity index (χ2v) is 18.2. The molecular formula is C47H89NO8P+. The van der Waals surface area contributed by atoms with Gasteiger partial charge in [0.2, 0.25) is 0 Å². The predicted octanol–water partition coefficient (Wildman–Crippen LogP) is 13.3. The Balaban J connectivity index is 4.36. The van der Waals surface area contributed by atoms with Crippen LogP contribution in [-0.2, 0) is 32.7 Å². The van der Waals surface area contributed by atoms with Gasteiger partial charge in [0.25, 0.3) is 0 Å². The standard InChI is InChI=1S/C47H88NO8P/c1-6-8-10-12-14-16-18-20-22-23-24-26-28-30-32-34-36-38-40-47(50)56-45(44-55-57(51,52)54-42-41-48(3,4)5)43-53-46(49)39-37-35-33-31-29-27-25-21-19-17-15-13-11-9-7-2/h15,17,21,25,29,31,45H,6-14,16,18-20,22-24,26-28,30,32-44H2,1-5H3/p+1/b17-15+,25-21+,31-29+/t45-/m1/s1. The normalized spacial score (nSPS) is 13.9.